The molecule has 0 aromatic heterocycles. The number of carbonyl (C=O) groups is 3. The Bertz CT molecular complexity index is 739. The van der Waals surface area contributed by atoms with Gasteiger partial charge in [0.2, 0.25) is 17.5 Å². The molecular weight excluding hydrogens is 310 g/mol. The van der Waals surface area contributed by atoms with Crippen molar-refractivity contribution in [2.75, 3.05) is 19.5 Å². The number of amides is 1. The van der Waals surface area contributed by atoms with E-state index in [9.17, 15) is 14.4 Å². The smallest absolute Gasteiger partial charge is 0.239 e. The van der Waals surface area contributed by atoms with Crippen molar-refractivity contribution >= 4 is 23.2 Å². The molecule has 0 heterocycles. The molecule has 3 rings (SSSR count). The molecule has 128 valence electrons. The molecule has 1 N–H and O–H groups in total. The van der Waals surface area contributed by atoms with Gasteiger partial charge in [-0.2, -0.15) is 0 Å². The van der Waals surface area contributed by atoms with E-state index in [0.717, 1.165) is 0 Å². The Morgan fingerprint density at radius 3 is 2.46 bits per heavy atom. The molecule has 24 heavy (non-hydrogen) atoms. The van der Waals surface area contributed by atoms with E-state index in [1.54, 1.807) is 18.2 Å². The number of methoxy groups -OCH3 is 2. The Morgan fingerprint density at radius 2 is 1.92 bits per heavy atom. The van der Waals surface area contributed by atoms with Crippen LogP contribution in [0.1, 0.15) is 26.7 Å². The second-order valence-corrected chi connectivity index (χ2v) is 6.93. The van der Waals surface area contributed by atoms with Gasteiger partial charge in [0.25, 0.3) is 0 Å². The fourth-order valence-corrected chi connectivity index (χ4v) is 4.21. The SMILES string of the molecule is COc1ccc(NC(=O)C23CCC(C(=O)C2=O)C3(C)C)c(OC)c1. The van der Waals surface area contributed by atoms with E-state index in [2.05, 4.69) is 5.32 Å². The van der Waals surface area contributed by atoms with Gasteiger partial charge in [-0.05, 0) is 30.4 Å². The summed E-state index contributed by atoms with van der Waals surface area (Å²) >= 11 is 0. The van der Waals surface area contributed by atoms with Crippen LogP contribution in [0.5, 0.6) is 11.5 Å². The van der Waals surface area contributed by atoms with Gasteiger partial charge in [-0.3, -0.25) is 14.4 Å². The lowest BCUT2D eigenvalue weighted by Gasteiger charge is -2.34. The van der Waals surface area contributed by atoms with Gasteiger partial charge in [-0.25, -0.2) is 0 Å². The first-order valence-corrected chi connectivity index (χ1v) is 7.91. The lowest BCUT2D eigenvalue weighted by Crippen LogP contribution is -2.47. The minimum absolute atomic E-state index is 0.367. The van der Waals surface area contributed by atoms with Crippen LogP contribution in [0.3, 0.4) is 0 Å². The van der Waals surface area contributed by atoms with Crippen LogP contribution in [-0.4, -0.2) is 31.7 Å². The average Bonchev–Trinajstić information content (AvgIpc) is 2.91. The van der Waals surface area contributed by atoms with Crippen LogP contribution >= 0.6 is 0 Å². The summed E-state index contributed by atoms with van der Waals surface area (Å²) < 4.78 is 10.4. The van der Waals surface area contributed by atoms with Gasteiger partial charge in [-0.15, -0.1) is 0 Å². The maximum Gasteiger partial charge on any atom is 0.239 e. The van der Waals surface area contributed by atoms with Crippen molar-refractivity contribution in [2.45, 2.75) is 26.7 Å². The molecular formula is C18H21NO5. The number of anilines is 1. The van der Waals surface area contributed by atoms with Crippen molar-refractivity contribution in [3.8, 4) is 11.5 Å². The van der Waals surface area contributed by atoms with Crippen molar-refractivity contribution in [1.82, 2.24) is 0 Å². The van der Waals surface area contributed by atoms with E-state index in [-0.39, 0.29) is 5.92 Å². The lowest BCUT2D eigenvalue weighted by molar-refractivity contribution is -0.147. The molecule has 2 unspecified atom stereocenters. The summed E-state index contributed by atoms with van der Waals surface area (Å²) in [6.07, 6.45) is 0.976. The van der Waals surface area contributed by atoms with E-state index in [1.807, 2.05) is 13.8 Å². The quantitative estimate of drug-likeness (QED) is 0.676. The number of nitrogens with one attached hydrogen (secondary N) is 1. The topological polar surface area (TPSA) is 81.7 Å². The molecule has 2 atom stereocenters. The van der Waals surface area contributed by atoms with Gasteiger partial charge < -0.3 is 14.8 Å². The summed E-state index contributed by atoms with van der Waals surface area (Å²) in [6.45, 7) is 3.66. The molecule has 0 spiro atoms. The third-order valence-electron chi connectivity index (χ3n) is 5.75. The van der Waals surface area contributed by atoms with Crippen LogP contribution in [0.15, 0.2) is 18.2 Å². The van der Waals surface area contributed by atoms with Crippen LogP contribution in [0.2, 0.25) is 0 Å². The Balaban J connectivity index is 1.96. The third kappa shape index (κ3) is 1.92. The van der Waals surface area contributed by atoms with Gasteiger partial charge in [-0.1, -0.05) is 13.8 Å². The van der Waals surface area contributed by atoms with Crippen molar-refractivity contribution in [1.29, 1.82) is 0 Å². The van der Waals surface area contributed by atoms with Crippen molar-refractivity contribution in [2.24, 2.45) is 16.7 Å². The summed E-state index contributed by atoms with van der Waals surface area (Å²) in [4.78, 5) is 37.7. The predicted octanol–water partition coefficient (Wildman–Crippen LogP) is 2.22. The summed E-state index contributed by atoms with van der Waals surface area (Å²) in [5, 5.41) is 2.79. The molecule has 1 aromatic carbocycles. The number of ketones is 2. The molecule has 2 aliphatic rings. The molecule has 2 saturated carbocycles. The number of rotatable bonds is 4. The fourth-order valence-electron chi connectivity index (χ4n) is 4.21. The maximum absolute atomic E-state index is 13.0. The number of hydrogen-bond donors (Lipinski definition) is 1. The zero-order valence-corrected chi connectivity index (χ0v) is 14.3. The predicted molar refractivity (Wildman–Crippen MR) is 87.1 cm³/mol. The maximum atomic E-state index is 13.0. The number of benzene rings is 1. The highest BCUT2D eigenvalue weighted by Crippen LogP contribution is 2.62. The van der Waals surface area contributed by atoms with Gasteiger partial charge in [0.05, 0.1) is 19.9 Å². The van der Waals surface area contributed by atoms with Gasteiger partial charge in [0.1, 0.15) is 16.9 Å². The van der Waals surface area contributed by atoms with Crippen LogP contribution in [0, 0.1) is 16.7 Å². The molecule has 0 radical (unpaired) electrons. The first-order valence-electron chi connectivity index (χ1n) is 7.91. The summed E-state index contributed by atoms with van der Waals surface area (Å²) in [5.41, 5.74) is -1.52. The van der Waals surface area contributed by atoms with Crippen LogP contribution in [0.25, 0.3) is 0 Å². The molecule has 2 bridgehead atoms. The Hall–Kier alpha value is -2.37. The number of Topliss-reactive ketones (excluding diaryl/α,β-unsaturated/α-hetero) is 2. The zero-order valence-electron chi connectivity index (χ0n) is 14.3. The summed E-state index contributed by atoms with van der Waals surface area (Å²) in [7, 11) is 3.03. The number of carbonyl (C=O) groups excluding carboxylic acids is 3. The Labute approximate surface area is 140 Å². The summed E-state index contributed by atoms with van der Waals surface area (Å²) in [5.74, 6) is -0.751. The average molecular weight is 331 g/mol. The normalized spacial score (nSPS) is 27.2. The number of fused-ring (bicyclic) bond motifs is 2. The fraction of sp³-hybridized carbons (Fsp3) is 0.500. The zero-order chi connectivity index (χ0) is 17.7. The lowest BCUT2D eigenvalue weighted by atomic mass is 9.68. The Morgan fingerprint density at radius 1 is 1.21 bits per heavy atom. The molecule has 2 aliphatic carbocycles. The largest absolute Gasteiger partial charge is 0.497 e. The van der Waals surface area contributed by atoms with E-state index >= 15 is 0 Å². The van der Waals surface area contributed by atoms with Gasteiger partial charge in [0.15, 0.2) is 0 Å². The van der Waals surface area contributed by atoms with Gasteiger partial charge >= 0.3 is 0 Å². The minimum atomic E-state index is -1.29. The van der Waals surface area contributed by atoms with Crippen LogP contribution in [0.4, 0.5) is 5.69 Å². The number of ether oxygens (including phenoxy) is 2. The van der Waals surface area contributed by atoms with Crippen molar-refractivity contribution < 1.29 is 23.9 Å². The van der Waals surface area contributed by atoms with E-state index in [4.69, 9.17) is 9.47 Å². The molecule has 6 heteroatoms. The van der Waals surface area contributed by atoms with Crippen LogP contribution in [-0.2, 0) is 14.4 Å². The molecule has 2 fully saturated rings. The number of hydrogen-bond acceptors (Lipinski definition) is 5. The van der Waals surface area contributed by atoms with Crippen LogP contribution < -0.4 is 14.8 Å². The third-order valence-corrected chi connectivity index (χ3v) is 5.75. The summed E-state index contributed by atoms with van der Waals surface area (Å²) in [6, 6.07) is 5.00. The highest BCUT2D eigenvalue weighted by Gasteiger charge is 2.72. The first kappa shape index (κ1) is 16.5. The van der Waals surface area contributed by atoms with E-state index < -0.39 is 28.3 Å². The molecule has 1 aromatic rings. The second-order valence-electron chi connectivity index (χ2n) is 6.93. The Kier molecular flexibility index (Phi) is 3.66. The van der Waals surface area contributed by atoms with E-state index in [0.29, 0.717) is 30.0 Å². The first-order chi connectivity index (χ1) is 11.3. The highest BCUT2D eigenvalue weighted by atomic mass is 16.5. The standard InChI is InChI=1S/C18H21NO5/c1-17(2)11-7-8-18(17,15(21)14(11)20)16(22)19-12-6-5-10(23-3)9-13(12)24-4/h5-6,9,11H,7-8H2,1-4H3,(H,19,22). The highest BCUT2D eigenvalue weighted by molar-refractivity contribution is 6.48. The molecule has 0 aliphatic heterocycles. The molecule has 0 saturated heterocycles. The van der Waals surface area contributed by atoms with E-state index in [1.165, 1.54) is 14.2 Å². The van der Waals surface area contributed by atoms with Crippen molar-refractivity contribution in [3.63, 3.8) is 0 Å². The minimum Gasteiger partial charge on any atom is -0.497 e. The van der Waals surface area contributed by atoms with Gasteiger partial charge in [0, 0.05) is 12.0 Å². The molecule has 6 nitrogen and oxygen atoms in total. The second kappa shape index (κ2) is 5.33. The van der Waals surface area contributed by atoms with Crippen molar-refractivity contribution in [3.05, 3.63) is 18.2 Å². The monoisotopic (exact) mass is 331 g/mol. The molecule has 1 amide bonds.